The predicted molar refractivity (Wildman–Crippen MR) is 59.7 cm³/mol. The lowest BCUT2D eigenvalue weighted by atomic mass is 10.2. The molecule has 0 aliphatic heterocycles. The van der Waals surface area contributed by atoms with Crippen LogP contribution in [0.1, 0.15) is 13.3 Å². The summed E-state index contributed by atoms with van der Waals surface area (Å²) in [4.78, 5) is 10.0. The van der Waals surface area contributed by atoms with Gasteiger partial charge in [0.1, 0.15) is 11.9 Å². The summed E-state index contributed by atoms with van der Waals surface area (Å²) in [5.41, 5.74) is 4.85. The van der Waals surface area contributed by atoms with Crippen LogP contribution in [0.3, 0.4) is 0 Å². The zero-order valence-electron chi connectivity index (χ0n) is 9.14. The highest BCUT2D eigenvalue weighted by Crippen LogP contribution is 2.28. The Morgan fingerprint density at radius 3 is 2.88 bits per heavy atom. The lowest BCUT2D eigenvalue weighted by Gasteiger charge is -2.13. The van der Waals surface area contributed by atoms with E-state index < -0.39 is 16.8 Å². The topological polar surface area (TPSA) is 102 Å². The second kappa shape index (κ2) is 5.24. The first-order chi connectivity index (χ1) is 7.90. The molecule has 0 aliphatic rings. The van der Waals surface area contributed by atoms with Gasteiger partial charge in [-0.15, -0.1) is 0 Å². The number of nitro groups is 1. The Morgan fingerprint density at radius 1 is 1.71 bits per heavy atom. The summed E-state index contributed by atoms with van der Waals surface area (Å²) >= 11 is 0. The van der Waals surface area contributed by atoms with Crippen LogP contribution < -0.4 is 10.5 Å². The molecule has 0 saturated carbocycles. The number of hydrogen-bond acceptors (Lipinski definition) is 4. The average molecular weight is 241 g/mol. The smallest absolute Gasteiger partial charge is 0.311 e. The molecule has 92 valence electrons. The van der Waals surface area contributed by atoms with Gasteiger partial charge in [-0.1, -0.05) is 0 Å². The number of nitrogens with two attached hydrogens (primary N) is 1. The van der Waals surface area contributed by atoms with Gasteiger partial charge in [0.25, 0.3) is 0 Å². The zero-order valence-corrected chi connectivity index (χ0v) is 9.14. The summed E-state index contributed by atoms with van der Waals surface area (Å²) in [6.45, 7) is 1.59. The van der Waals surface area contributed by atoms with Crippen LogP contribution >= 0.6 is 0 Å². The van der Waals surface area contributed by atoms with Crippen molar-refractivity contribution in [3.63, 3.8) is 0 Å². The summed E-state index contributed by atoms with van der Waals surface area (Å²) in [5, 5.41) is 17.7. The van der Waals surface area contributed by atoms with E-state index in [1.165, 1.54) is 0 Å². The number of amidine groups is 1. The van der Waals surface area contributed by atoms with E-state index >= 15 is 0 Å². The monoisotopic (exact) mass is 241 g/mol. The quantitative estimate of drug-likeness (QED) is 0.355. The van der Waals surface area contributed by atoms with E-state index in [-0.39, 0.29) is 23.7 Å². The molecule has 3 N–H and O–H groups in total. The van der Waals surface area contributed by atoms with Crippen LogP contribution in [-0.4, -0.2) is 16.9 Å². The maximum atomic E-state index is 13.0. The molecule has 1 atom stereocenters. The van der Waals surface area contributed by atoms with Gasteiger partial charge in [-0.05, 0) is 13.0 Å². The molecule has 0 saturated heterocycles. The molecular weight excluding hydrogens is 229 g/mol. The maximum absolute atomic E-state index is 13.0. The van der Waals surface area contributed by atoms with E-state index in [2.05, 4.69) is 0 Å². The van der Waals surface area contributed by atoms with Crippen LogP contribution in [0.5, 0.6) is 5.75 Å². The number of halogens is 1. The Balaban J connectivity index is 2.92. The largest absolute Gasteiger partial charge is 0.483 e. The summed E-state index contributed by atoms with van der Waals surface area (Å²) in [7, 11) is 0. The predicted octanol–water partition coefficient (Wildman–Crippen LogP) is 1.83. The van der Waals surface area contributed by atoms with Gasteiger partial charge < -0.3 is 10.5 Å². The fourth-order valence-corrected chi connectivity index (χ4v) is 1.30. The molecule has 1 rings (SSSR count). The highest BCUT2D eigenvalue weighted by molar-refractivity contribution is 5.77. The molecule has 0 amide bonds. The van der Waals surface area contributed by atoms with Crippen LogP contribution in [0.4, 0.5) is 10.1 Å². The van der Waals surface area contributed by atoms with Crippen molar-refractivity contribution in [1.82, 2.24) is 0 Å². The second-order valence-electron chi connectivity index (χ2n) is 3.53. The molecule has 0 aromatic heterocycles. The summed E-state index contributed by atoms with van der Waals surface area (Å²) in [6.07, 6.45) is -0.416. The van der Waals surface area contributed by atoms with Crippen molar-refractivity contribution in [3.05, 3.63) is 34.1 Å². The van der Waals surface area contributed by atoms with E-state index in [1.807, 2.05) is 0 Å². The Hall–Kier alpha value is -2.18. The van der Waals surface area contributed by atoms with Crippen molar-refractivity contribution in [1.29, 1.82) is 5.41 Å². The highest BCUT2D eigenvalue weighted by Gasteiger charge is 2.18. The summed E-state index contributed by atoms with van der Waals surface area (Å²) < 4.78 is 18.1. The molecule has 0 bridgehead atoms. The lowest BCUT2D eigenvalue weighted by molar-refractivity contribution is -0.386. The minimum Gasteiger partial charge on any atom is -0.483 e. The molecule has 0 fully saturated rings. The molecular formula is C10H12FN3O3. The second-order valence-corrected chi connectivity index (χ2v) is 3.53. The maximum Gasteiger partial charge on any atom is 0.311 e. The van der Waals surface area contributed by atoms with Crippen LogP contribution in [0.2, 0.25) is 0 Å². The summed E-state index contributed by atoms with van der Waals surface area (Å²) in [6, 6.07) is 2.96. The molecule has 1 unspecified atom stereocenters. The molecule has 0 spiro atoms. The van der Waals surface area contributed by atoms with Gasteiger partial charge in [-0.2, -0.15) is 0 Å². The molecule has 1 aromatic carbocycles. The number of hydrogen-bond donors (Lipinski definition) is 2. The van der Waals surface area contributed by atoms with Gasteiger partial charge >= 0.3 is 5.69 Å². The minimum atomic E-state index is -0.657. The molecule has 0 heterocycles. The number of nitrogens with one attached hydrogen (secondary N) is 1. The van der Waals surface area contributed by atoms with Gasteiger partial charge in [0.2, 0.25) is 0 Å². The van der Waals surface area contributed by atoms with E-state index in [1.54, 1.807) is 6.92 Å². The summed E-state index contributed by atoms with van der Waals surface area (Å²) in [5.74, 6) is -0.888. The number of nitrogens with zero attached hydrogens (tertiary/aromatic N) is 1. The zero-order chi connectivity index (χ0) is 13.0. The molecule has 7 heteroatoms. The molecule has 17 heavy (non-hydrogen) atoms. The fourth-order valence-electron chi connectivity index (χ4n) is 1.30. The standard InChI is InChI=1S/C10H12FN3O3/c1-6(4-10(12)13)17-9-5-7(11)2-3-8(9)14(15)16/h2-3,5-6H,4H2,1H3,(H3,12,13). The molecule has 0 radical (unpaired) electrons. The highest BCUT2D eigenvalue weighted by atomic mass is 19.1. The van der Waals surface area contributed by atoms with Crippen molar-refractivity contribution in [2.45, 2.75) is 19.4 Å². The van der Waals surface area contributed by atoms with Gasteiger partial charge in [0.15, 0.2) is 5.75 Å². The first kappa shape index (κ1) is 12.9. The fraction of sp³-hybridized carbons (Fsp3) is 0.300. The van der Waals surface area contributed by atoms with E-state index in [0.29, 0.717) is 0 Å². The van der Waals surface area contributed by atoms with Crippen LogP contribution in [0, 0.1) is 21.3 Å². The number of rotatable bonds is 5. The molecule has 6 nitrogen and oxygen atoms in total. The van der Waals surface area contributed by atoms with Crippen molar-refractivity contribution in [3.8, 4) is 5.75 Å². The van der Waals surface area contributed by atoms with Crippen LogP contribution in [0.15, 0.2) is 18.2 Å². The first-order valence-electron chi connectivity index (χ1n) is 4.83. The van der Waals surface area contributed by atoms with E-state index in [0.717, 1.165) is 18.2 Å². The third-order valence-corrected chi connectivity index (χ3v) is 1.95. The SMILES string of the molecule is CC(CC(=N)N)Oc1cc(F)ccc1[N+](=O)[O-]. The number of ether oxygens (including phenoxy) is 1. The van der Waals surface area contributed by atoms with Crippen molar-refractivity contribution in [2.24, 2.45) is 5.73 Å². The average Bonchev–Trinajstić information content (AvgIpc) is 2.15. The van der Waals surface area contributed by atoms with Gasteiger partial charge in [-0.3, -0.25) is 15.5 Å². The molecule has 0 aliphatic carbocycles. The Morgan fingerprint density at radius 2 is 2.35 bits per heavy atom. The third kappa shape index (κ3) is 3.71. The number of benzene rings is 1. The Bertz CT molecular complexity index is 450. The Labute approximate surface area is 96.8 Å². The van der Waals surface area contributed by atoms with Crippen molar-refractivity contribution in [2.75, 3.05) is 0 Å². The van der Waals surface area contributed by atoms with Crippen molar-refractivity contribution < 1.29 is 14.1 Å². The van der Waals surface area contributed by atoms with Crippen molar-refractivity contribution >= 4 is 11.5 Å². The normalized spacial score (nSPS) is 11.9. The first-order valence-corrected chi connectivity index (χ1v) is 4.83. The minimum absolute atomic E-state index is 0.100. The Kier molecular flexibility index (Phi) is 3.97. The third-order valence-electron chi connectivity index (χ3n) is 1.95. The van der Waals surface area contributed by atoms with E-state index in [9.17, 15) is 14.5 Å². The van der Waals surface area contributed by atoms with Gasteiger partial charge in [-0.25, -0.2) is 4.39 Å². The van der Waals surface area contributed by atoms with Gasteiger partial charge in [0, 0.05) is 18.6 Å². The van der Waals surface area contributed by atoms with Crippen LogP contribution in [0.25, 0.3) is 0 Å². The van der Waals surface area contributed by atoms with E-state index in [4.69, 9.17) is 15.9 Å². The van der Waals surface area contributed by atoms with Gasteiger partial charge in [0.05, 0.1) is 10.8 Å². The van der Waals surface area contributed by atoms with Crippen LogP contribution in [-0.2, 0) is 0 Å². The number of nitro benzene ring substituents is 1. The lowest BCUT2D eigenvalue weighted by Crippen LogP contribution is -2.22. The molecule has 1 aromatic rings.